The molecule has 0 aromatic heterocycles. The molecule has 1 fully saturated rings. The van der Waals surface area contributed by atoms with Crippen LogP contribution in [0.15, 0.2) is 60.7 Å². The molecule has 0 spiro atoms. The molecule has 5 aromatic rings. The summed E-state index contributed by atoms with van der Waals surface area (Å²) in [6, 6.07) is 21.3. The van der Waals surface area contributed by atoms with Crippen molar-refractivity contribution in [1.82, 2.24) is 0 Å². The molecule has 0 radical (unpaired) electrons. The smallest absolute Gasteiger partial charge is 0.118 e. The standard InChI is InChI=1S/C24H16O3/c25-21-16-10-12-9-8-11-4-3-7-14-13-5-1-2-6-15(13)19(18(12)17(11)14)20(16)23-24(27-23)22(21)26/h1-10,21-26H/t21-,22+,23+,24-/m0/s1. The van der Waals surface area contributed by atoms with Gasteiger partial charge in [0, 0.05) is 0 Å². The first kappa shape index (κ1) is 14.4. The second-order valence-corrected chi connectivity index (χ2v) is 7.82. The number of aliphatic hydroxyl groups excluding tert-OH is 2. The number of rotatable bonds is 0. The van der Waals surface area contributed by atoms with Gasteiger partial charge in [-0.15, -0.1) is 0 Å². The minimum Gasteiger partial charge on any atom is -0.387 e. The van der Waals surface area contributed by atoms with E-state index in [-0.39, 0.29) is 12.2 Å². The molecular formula is C24H16O3. The molecule has 1 aliphatic heterocycles. The molecule has 0 bridgehead atoms. The van der Waals surface area contributed by atoms with Crippen molar-refractivity contribution in [1.29, 1.82) is 0 Å². The molecule has 1 aliphatic carbocycles. The van der Waals surface area contributed by atoms with Gasteiger partial charge in [-0.3, -0.25) is 0 Å². The van der Waals surface area contributed by atoms with Crippen LogP contribution in [0.2, 0.25) is 0 Å². The van der Waals surface area contributed by atoms with E-state index in [4.69, 9.17) is 4.74 Å². The molecule has 1 saturated heterocycles. The first-order chi connectivity index (χ1) is 13.2. The van der Waals surface area contributed by atoms with Crippen molar-refractivity contribution in [3.05, 3.63) is 71.8 Å². The van der Waals surface area contributed by atoms with Crippen molar-refractivity contribution >= 4 is 43.1 Å². The fraction of sp³-hybridized carbons (Fsp3) is 0.167. The highest BCUT2D eigenvalue weighted by atomic mass is 16.6. The first-order valence-electron chi connectivity index (χ1n) is 9.37. The summed E-state index contributed by atoms with van der Waals surface area (Å²) in [5.41, 5.74) is 1.86. The molecule has 3 heteroatoms. The first-order valence-corrected chi connectivity index (χ1v) is 9.37. The van der Waals surface area contributed by atoms with E-state index in [0.717, 1.165) is 16.5 Å². The van der Waals surface area contributed by atoms with Gasteiger partial charge in [0.15, 0.2) is 0 Å². The van der Waals surface area contributed by atoms with E-state index in [0.29, 0.717) is 0 Å². The summed E-state index contributed by atoms with van der Waals surface area (Å²) >= 11 is 0. The van der Waals surface area contributed by atoms with E-state index in [2.05, 4.69) is 54.6 Å². The molecule has 0 saturated carbocycles. The van der Waals surface area contributed by atoms with Gasteiger partial charge in [-0.2, -0.15) is 0 Å². The van der Waals surface area contributed by atoms with Gasteiger partial charge in [-0.25, -0.2) is 0 Å². The molecule has 27 heavy (non-hydrogen) atoms. The molecule has 0 amide bonds. The maximum absolute atomic E-state index is 10.8. The van der Waals surface area contributed by atoms with Gasteiger partial charge >= 0.3 is 0 Å². The van der Waals surface area contributed by atoms with Gasteiger partial charge in [-0.1, -0.05) is 54.6 Å². The number of epoxide rings is 1. The molecule has 130 valence electrons. The zero-order valence-electron chi connectivity index (χ0n) is 14.4. The number of aliphatic hydroxyl groups is 2. The van der Waals surface area contributed by atoms with Crippen LogP contribution in [0.3, 0.4) is 0 Å². The summed E-state index contributed by atoms with van der Waals surface area (Å²) in [4.78, 5) is 0. The van der Waals surface area contributed by atoms with E-state index < -0.39 is 12.2 Å². The lowest BCUT2D eigenvalue weighted by Gasteiger charge is -2.26. The van der Waals surface area contributed by atoms with Crippen LogP contribution in [0.5, 0.6) is 0 Å². The molecule has 7 rings (SSSR count). The highest BCUT2D eigenvalue weighted by Crippen LogP contribution is 2.55. The van der Waals surface area contributed by atoms with E-state index in [1.807, 2.05) is 6.07 Å². The Morgan fingerprint density at radius 3 is 2.33 bits per heavy atom. The van der Waals surface area contributed by atoms with Crippen molar-refractivity contribution in [2.24, 2.45) is 0 Å². The lowest BCUT2D eigenvalue weighted by atomic mass is 9.79. The van der Waals surface area contributed by atoms with Crippen molar-refractivity contribution in [3.8, 4) is 0 Å². The predicted molar refractivity (Wildman–Crippen MR) is 106 cm³/mol. The molecular weight excluding hydrogens is 336 g/mol. The maximum Gasteiger partial charge on any atom is 0.118 e. The Balaban J connectivity index is 1.84. The van der Waals surface area contributed by atoms with Gasteiger partial charge in [0.25, 0.3) is 0 Å². The zero-order valence-corrected chi connectivity index (χ0v) is 14.4. The minimum absolute atomic E-state index is 0.133. The van der Waals surface area contributed by atoms with Crippen LogP contribution in [0.1, 0.15) is 23.3 Å². The molecule has 0 unspecified atom stereocenters. The Hall–Kier alpha value is -2.72. The third-order valence-corrected chi connectivity index (χ3v) is 6.49. The van der Waals surface area contributed by atoms with Gasteiger partial charge in [0.05, 0.1) is 0 Å². The topological polar surface area (TPSA) is 53.0 Å². The van der Waals surface area contributed by atoms with Crippen LogP contribution in [0.4, 0.5) is 0 Å². The van der Waals surface area contributed by atoms with Crippen LogP contribution in [0, 0.1) is 0 Å². The van der Waals surface area contributed by atoms with Crippen LogP contribution in [-0.2, 0) is 4.74 Å². The van der Waals surface area contributed by atoms with E-state index >= 15 is 0 Å². The molecule has 2 N–H and O–H groups in total. The normalized spacial score (nSPS) is 26.7. The quantitative estimate of drug-likeness (QED) is 0.244. The van der Waals surface area contributed by atoms with Crippen LogP contribution in [-0.4, -0.2) is 22.4 Å². The molecule has 4 atom stereocenters. The van der Waals surface area contributed by atoms with E-state index in [9.17, 15) is 10.2 Å². The van der Waals surface area contributed by atoms with Crippen molar-refractivity contribution < 1.29 is 14.9 Å². The predicted octanol–water partition coefficient (Wildman–Crippen LogP) is 4.59. The van der Waals surface area contributed by atoms with Crippen molar-refractivity contribution in [2.75, 3.05) is 0 Å². The summed E-state index contributed by atoms with van der Waals surface area (Å²) < 4.78 is 5.82. The highest BCUT2D eigenvalue weighted by molar-refractivity contribution is 6.34. The SMILES string of the molecule is O[C@H]1[C@@H]2O[C@@H]2c2c(cc3ccc4cccc5c6ccccc6c2c3c45)[C@@H]1O. The number of fused-ring (bicyclic) bond motifs is 7. The third kappa shape index (κ3) is 1.60. The molecule has 5 aromatic carbocycles. The number of benzene rings is 5. The average molecular weight is 352 g/mol. The Kier molecular flexibility index (Phi) is 2.43. The largest absolute Gasteiger partial charge is 0.387 e. The summed E-state index contributed by atoms with van der Waals surface area (Å²) in [6.45, 7) is 0. The van der Waals surface area contributed by atoms with Crippen LogP contribution < -0.4 is 0 Å². The fourth-order valence-corrected chi connectivity index (χ4v) is 5.28. The van der Waals surface area contributed by atoms with Gasteiger partial charge in [0.1, 0.15) is 24.4 Å². The third-order valence-electron chi connectivity index (χ3n) is 6.49. The summed E-state index contributed by atoms with van der Waals surface area (Å²) in [5, 5.41) is 30.8. The monoisotopic (exact) mass is 352 g/mol. The van der Waals surface area contributed by atoms with E-state index in [1.54, 1.807) is 0 Å². The lowest BCUT2D eigenvalue weighted by molar-refractivity contribution is 0.000167. The maximum atomic E-state index is 10.8. The van der Waals surface area contributed by atoms with Crippen molar-refractivity contribution in [2.45, 2.75) is 24.4 Å². The van der Waals surface area contributed by atoms with E-state index in [1.165, 1.54) is 37.7 Å². The molecule has 1 heterocycles. The molecule has 2 aliphatic rings. The minimum atomic E-state index is -0.913. The van der Waals surface area contributed by atoms with Gasteiger partial charge in [-0.05, 0) is 60.3 Å². The second-order valence-electron chi connectivity index (χ2n) is 7.82. The zero-order chi connectivity index (χ0) is 17.9. The summed E-state index contributed by atoms with van der Waals surface area (Å²) in [6.07, 6.45) is -2.21. The van der Waals surface area contributed by atoms with Gasteiger partial charge in [0.2, 0.25) is 0 Å². The Morgan fingerprint density at radius 2 is 1.44 bits per heavy atom. The van der Waals surface area contributed by atoms with Crippen LogP contribution >= 0.6 is 0 Å². The van der Waals surface area contributed by atoms with Gasteiger partial charge < -0.3 is 14.9 Å². The number of ether oxygens (including phenoxy) is 1. The highest BCUT2D eigenvalue weighted by Gasteiger charge is 2.54. The van der Waals surface area contributed by atoms with Crippen molar-refractivity contribution in [3.63, 3.8) is 0 Å². The lowest BCUT2D eigenvalue weighted by Crippen LogP contribution is -2.29. The summed E-state index contributed by atoms with van der Waals surface area (Å²) in [7, 11) is 0. The Morgan fingerprint density at radius 1 is 0.704 bits per heavy atom. The molecule has 3 nitrogen and oxygen atoms in total. The fourth-order valence-electron chi connectivity index (χ4n) is 5.28. The second kappa shape index (κ2) is 4.57. The number of hydrogen-bond acceptors (Lipinski definition) is 3. The average Bonchev–Trinajstić information content (AvgIpc) is 3.51. The Bertz CT molecular complexity index is 1400. The van der Waals surface area contributed by atoms with Crippen LogP contribution in [0.25, 0.3) is 43.1 Å². The number of hydrogen-bond donors (Lipinski definition) is 2. The summed E-state index contributed by atoms with van der Waals surface area (Å²) in [5.74, 6) is 0. The Labute approximate surface area is 154 Å².